The van der Waals surface area contributed by atoms with E-state index in [2.05, 4.69) is 25.4 Å². The van der Waals surface area contributed by atoms with Crippen LogP contribution >= 0.6 is 11.3 Å². The van der Waals surface area contributed by atoms with Crippen molar-refractivity contribution in [2.45, 2.75) is 11.6 Å². The van der Waals surface area contributed by atoms with Crippen LogP contribution in [0.5, 0.6) is 0 Å². The van der Waals surface area contributed by atoms with Gasteiger partial charge in [-0.25, -0.2) is 19.0 Å². The minimum atomic E-state index is -3.76. The molecule has 0 radical (unpaired) electrons. The second-order valence-corrected chi connectivity index (χ2v) is 6.58. The van der Waals surface area contributed by atoms with Crippen molar-refractivity contribution in [2.24, 2.45) is 5.84 Å². The normalized spacial score (nSPS) is 12.0. The van der Waals surface area contributed by atoms with E-state index in [1.54, 1.807) is 17.8 Å². The summed E-state index contributed by atoms with van der Waals surface area (Å²) in [5.74, 6) is 5.45. The van der Waals surface area contributed by atoms with Gasteiger partial charge in [0.05, 0.1) is 12.7 Å². The predicted octanol–water partition coefficient (Wildman–Crippen LogP) is -0.749. The summed E-state index contributed by atoms with van der Waals surface area (Å²) >= 11 is 1.32. The average molecular weight is 328 g/mol. The Labute approximate surface area is 123 Å². The van der Waals surface area contributed by atoms with E-state index in [0.717, 1.165) is 0 Å². The molecule has 0 aliphatic heterocycles. The Morgan fingerprint density at radius 2 is 2.24 bits per heavy atom. The molecule has 0 saturated heterocycles. The molecular weight excluding hydrogens is 316 g/mol. The number of hydrogen-bond donors (Lipinski definition) is 3. The van der Waals surface area contributed by atoms with Crippen molar-refractivity contribution in [1.82, 2.24) is 29.1 Å². The van der Waals surface area contributed by atoms with Crippen molar-refractivity contribution in [2.75, 3.05) is 12.0 Å². The number of imidazole rings is 1. The average Bonchev–Trinajstić information content (AvgIpc) is 3.13. The van der Waals surface area contributed by atoms with Gasteiger partial charge in [0.15, 0.2) is 10.8 Å². The van der Waals surface area contributed by atoms with E-state index in [4.69, 9.17) is 5.84 Å². The number of rotatable bonds is 6. The van der Waals surface area contributed by atoms with E-state index >= 15 is 0 Å². The molecule has 0 saturated carbocycles. The Bertz CT molecular complexity index is 834. The fourth-order valence-corrected chi connectivity index (χ4v) is 3.86. The largest absolute Gasteiger partial charge is 0.306 e. The van der Waals surface area contributed by atoms with Crippen LogP contribution in [0.4, 0.5) is 5.82 Å². The van der Waals surface area contributed by atoms with Gasteiger partial charge in [-0.1, -0.05) is 5.21 Å². The first-order chi connectivity index (χ1) is 10.1. The van der Waals surface area contributed by atoms with Gasteiger partial charge in [0.2, 0.25) is 5.03 Å². The highest BCUT2D eigenvalue weighted by molar-refractivity contribution is 7.89. The molecule has 3 aromatic heterocycles. The van der Waals surface area contributed by atoms with Crippen LogP contribution in [-0.2, 0) is 16.6 Å². The quantitative estimate of drug-likeness (QED) is 0.400. The lowest BCUT2D eigenvalue weighted by Gasteiger charge is -2.07. The van der Waals surface area contributed by atoms with Crippen LogP contribution in [0, 0.1) is 0 Å². The van der Waals surface area contributed by atoms with Gasteiger partial charge in [0, 0.05) is 24.3 Å². The summed E-state index contributed by atoms with van der Waals surface area (Å²) < 4.78 is 30.3. The van der Waals surface area contributed by atoms with Crippen LogP contribution in [0.1, 0.15) is 0 Å². The predicted molar refractivity (Wildman–Crippen MR) is 76.1 cm³/mol. The van der Waals surface area contributed by atoms with Gasteiger partial charge in [-0.05, 0) is 0 Å². The Morgan fingerprint density at radius 3 is 2.95 bits per heavy atom. The van der Waals surface area contributed by atoms with Crippen molar-refractivity contribution in [3.8, 4) is 0 Å². The number of sulfonamides is 1. The smallest absolute Gasteiger partial charge is 0.260 e. The summed E-state index contributed by atoms with van der Waals surface area (Å²) in [7, 11) is -3.76. The number of thiazole rings is 1. The van der Waals surface area contributed by atoms with Crippen molar-refractivity contribution in [1.29, 1.82) is 0 Å². The van der Waals surface area contributed by atoms with Crippen LogP contribution < -0.4 is 16.0 Å². The first-order valence-electron chi connectivity index (χ1n) is 5.88. The molecule has 0 amide bonds. The molecule has 4 N–H and O–H groups in total. The Hall–Kier alpha value is -2.02. The molecule has 3 heterocycles. The van der Waals surface area contributed by atoms with Crippen LogP contribution in [0.3, 0.4) is 0 Å². The molecule has 0 fully saturated rings. The van der Waals surface area contributed by atoms with Crippen molar-refractivity contribution in [3.05, 3.63) is 24.0 Å². The van der Waals surface area contributed by atoms with Crippen molar-refractivity contribution < 1.29 is 8.42 Å². The van der Waals surface area contributed by atoms with Gasteiger partial charge in [-0.3, -0.25) is 9.08 Å². The Morgan fingerprint density at radius 1 is 1.38 bits per heavy atom. The van der Waals surface area contributed by atoms with Crippen LogP contribution in [-0.4, -0.2) is 39.3 Å². The van der Waals surface area contributed by atoms with Gasteiger partial charge in [-0.2, -0.15) is 4.98 Å². The monoisotopic (exact) mass is 328 g/mol. The maximum Gasteiger partial charge on any atom is 0.260 e. The van der Waals surface area contributed by atoms with E-state index in [1.807, 2.05) is 0 Å². The number of aromatic nitrogens is 5. The summed E-state index contributed by atoms with van der Waals surface area (Å²) in [6.07, 6.45) is 4.80. The van der Waals surface area contributed by atoms with Crippen LogP contribution in [0.25, 0.3) is 4.96 Å². The van der Waals surface area contributed by atoms with E-state index in [9.17, 15) is 8.42 Å². The molecule has 112 valence electrons. The Kier molecular flexibility index (Phi) is 3.59. The molecule has 0 atom stereocenters. The minimum Gasteiger partial charge on any atom is -0.306 e. The molecule has 0 bridgehead atoms. The lowest BCUT2D eigenvalue weighted by atomic mass is 10.6. The number of nitrogens with zero attached hydrogens (tertiary/aromatic N) is 5. The zero-order valence-corrected chi connectivity index (χ0v) is 12.3. The van der Waals surface area contributed by atoms with E-state index in [1.165, 1.54) is 26.6 Å². The number of nitrogens with two attached hydrogens (primary N) is 1. The SMILES string of the molecule is NNc1nc2sccn2c1S(=O)(=O)NCCn1ccnn1. The van der Waals surface area contributed by atoms with Gasteiger partial charge in [-0.15, -0.1) is 16.4 Å². The van der Waals surface area contributed by atoms with Gasteiger partial charge < -0.3 is 5.43 Å². The summed E-state index contributed by atoms with van der Waals surface area (Å²) in [5.41, 5.74) is 2.31. The van der Waals surface area contributed by atoms with Gasteiger partial charge in [0.1, 0.15) is 0 Å². The number of hydrazine groups is 1. The second kappa shape index (κ2) is 5.40. The highest BCUT2D eigenvalue weighted by Crippen LogP contribution is 2.24. The highest BCUT2D eigenvalue weighted by Gasteiger charge is 2.25. The maximum absolute atomic E-state index is 12.4. The fourth-order valence-electron chi connectivity index (χ4n) is 1.83. The molecule has 21 heavy (non-hydrogen) atoms. The molecule has 0 aliphatic rings. The van der Waals surface area contributed by atoms with Crippen LogP contribution in [0.2, 0.25) is 0 Å². The van der Waals surface area contributed by atoms with Gasteiger partial charge >= 0.3 is 0 Å². The third-order valence-corrected chi connectivity index (χ3v) is 4.95. The number of hydrogen-bond acceptors (Lipinski definition) is 8. The lowest BCUT2D eigenvalue weighted by Crippen LogP contribution is -2.29. The molecule has 0 aliphatic carbocycles. The third kappa shape index (κ3) is 2.61. The fraction of sp³-hybridized carbons (Fsp3) is 0.222. The molecular formula is C9H12N8O2S2. The minimum absolute atomic E-state index is 0.0140. The number of fused-ring (bicyclic) bond motifs is 1. The molecule has 0 spiro atoms. The standard InChI is InChI=1S/C9H12N8O2S2/c10-14-7-8(17-5-6-20-9(17)13-7)21(18,19)12-2-4-16-3-1-11-15-16/h1,3,5-6,12,14H,2,4,10H2. The first kappa shape index (κ1) is 13.9. The zero-order valence-electron chi connectivity index (χ0n) is 10.7. The summed E-state index contributed by atoms with van der Waals surface area (Å²) in [6.45, 7) is 0.545. The first-order valence-corrected chi connectivity index (χ1v) is 8.24. The number of nitrogens with one attached hydrogen (secondary N) is 2. The van der Waals surface area contributed by atoms with Gasteiger partial charge in [0.25, 0.3) is 10.0 Å². The maximum atomic E-state index is 12.4. The van der Waals surface area contributed by atoms with E-state index < -0.39 is 10.0 Å². The Balaban J connectivity index is 1.84. The van der Waals surface area contributed by atoms with Crippen molar-refractivity contribution >= 4 is 32.1 Å². The van der Waals surface area contributed by atoms with Crippen molar-refractivity contribution in [3.63, 3.8) is 0 Å². The number of nitrogen functional groups attached to an aromatic ring is 1. The zero-order chi connectivity index (χ0) is 14.9. The summed E-state index contributed by atoms with van der Waals surface area (Å²) in [5, 5.41) is 9.14. The topological polar surface area (TPSA) is 132 Å². The second-order valence-electron chi connectivity index (χ2n) is 4.03. The van der Waals surface area contributed by atoms with E-state index in [-0.39, 0.29) is 17.4 Å². The third-order valence-electron chi connectivity index (χ3n) is 2.71. The van der Waals surface area contributed by atoms with E-state index in [0.29, 0.717) is 11.5 Å². The molecule has 12 heteroatoms. The highest BCUT2D eigenvalue weighted by atomic mass is 32.2. The molecule has 10 nitrogen and oxygen atoms in total. The van der Waals surface area contributed by atoms with Crippen LogP contribution in [0.15, 0.2) is 29.0 Å². The molecule has 0 aromatic carbocycles. The number of anilines is 1. The summed E-state index contributed by atoms with van der Waals surface area (Å²) in [6, 6.07) is 0. The molecule has 3 aromatic rings. The molecule has 3 rings (SSSR count). The molecule has 0 unspecified atom stereocenters. The summed E-state index contributed by atoms with van der Waals surface area (Å²) in [4.78, 5) is 4.66. The lowest BCUT2D eigenvalue weighted by molar-refractivity contribution is 0.550.